The second-order valence-corrected chi connectivity index (χ2v) is 33.9. The number of fused-ring (bicyclic) bond motifs is 20. The van der Waals surface area contributed by atoms with E-state index in [-0.39, 0.29) is 21.7 Å². The minimum Gasteiger partial charge on any atom is -0.310 e. The molecule has 0 bridgehead atoms. The molecule has 16 aromatic rings. The van der Waals surface area contributed by atoms with Crippen LogP contribution in [-0.2, 0) is 21.7 Å². The van der Waals surface area contributed by atoms with E-state index in [1.54, 1.807) is 0 Å². The van der Waals surface area contributed by atoms with Crippen LogP contribution in [0.4, 0.5) is 68.2 Å². The van der Waals surface area contributed by atoms with E-state index in [1.807, 2.05) is 0 Å². The van der Waals surface area contributed by atoms with Gasteiger partial charge in [0.2, 0.25) is 0 Å². The molecule has 21 rings (SSSR count). The number of nitrogens with zero attached hydrogens (tertiary/aromatic N) is 4. The van der Waals surface area contributed by atoms with Crippen LogP contribution < -0.4 is 19.6 Å². The molecule has 0 aliphatic heterocycles. The van der Waals surface area contributed by atoms with Gasteiger partial charge < -0.3 is 19.6 Å². The second kappa shape index (κ2) is 29.4. The minimum atomic E-state index is -0.161. The largest absolute Gasteiger partial charge is 0.310 e. The molecule has 0 amide bonds. The second-order valence-electron chi connectivity index (χ2n) is 33.9. The molecule has 0 N–H and O–H groups in total. The zero-order valence-corrected chi connectivity index (χ0v) is 70.1. The summed E-state index contributed by atoms with van der Waals surface area (Å²) in [6, 6.07) is 140. The molecule has 4 nitrogen and oxygen atoms in total. The number of hydrogen-bond donors (Lipinski definition) is 0. The lowest BCUT2D eigenvalue weighted by Crippen LogP contribution is -2.24. The van der Waals surface area contributed by atoms with Crippen molar-refractivity contribution in [1.29, 1.82) is 0 Å². The highest BCUT2D eigenvalue weighted by atomic mass is 15.2. The summed E-state index contributed by atoms with van der Waals surface area (Å²) in [4.78, 5) is 10.1. The molecule has 0 saturated heterocycles. The first kappa shape index (κ1) is 74.3. The lowest BCUT2D eigenvalue weighted by Gasteiger charge is -2.34. The van der Waals surface area contributed by atoms with Gasteiger partial charge in [-0.25, -0.2) is 0 Å². The highest BCUT2D eigenvalue weighted by Crippen LogP contribution is 2.62. The molecule has 4 heteroatoms. The van der Waals surface area contributed by atoms with Gasteiger partial charge in [-0.15, -0.1) is 0 Å². The molecule has 0 fully saturated rings. The van der Waals surface area contributed by atoms with E-state index in [0.717, 1.165) is 164 Å². The molecule has 120 heavy (non-hydrogen) atoms. The summed E-state index contributed by atoms with van der Waals surface area (Å²) in [5.41, 5.74) is 43.7. The van der Waals surface area contributed by atoms with Crippen molar-refractivity contribution in [2.24, 2.45) is 0 Å². The van der Waals surface area contributed by atoms with E-state index in [0.29, 0.717) is 0 Å². The third-order valence-corrected chi connectivity index (χ3v) is 29.1. The maximum absolute atomic E-state index is 2.62. The number of anilines is 12. The topological polar surface area (TPSA) is 13.0 Å². The lowest BCUT2D eigenvalue weighted by atomic mass is 9.73. The Kier molecular flexibility index (Phi) is 18.2. The first-order valence-electron chi connectivity index (χ1n) is 44.0. The number of rotatable bonds is 20. The van der Waals surface area contributed by atoms with Crippen LogP contribution in [0.15, 0.2) is 364 Å². The number of para-hydroxylation sites is 4. The van der Waals surface area contributed by atoms with Crippen molar-refractivity contribution in [1.82, 2.24) is 0 Å². The van der Waals surface area contributed by atoms with E-state index >= 15 is 0 Å². The number of benzene rings is 16. The first-order chi connectivity index (χ1) is 59.1. The van der Waals surface area contributed by atoms with E-state index in [2.05, 4.69) is 439 Å². The van der Waals surface area contributed by atoms with Gasteiger partial charge in [0.05, 0.1) is 0 Å². The molecule has 0 spiro atoms. The van der Waals surface area contributed by atoms with Gasteiger partial charge in [0.1, 0.15) is 0 Å². The van der Waals surface area contributed by atoms with E-state index in [1.165, 1.54) is 89.0 Å². The first-order valence-corrected chi connectivity index (χ1v) is 44.0. The van der Waals surface area contributed by atoms with Crippen LogP contribution in [0.25, 0.3) is 89.0 Å². The van der Waals surface area contributed by atoms with Crippen molar-refractivity contribution >= 4 is 68.2 Å². The molecule has 0 aromatic heterocycles. The van der Waals surface area contributed by atoms with Crippen LogP contribution in [0.2, 0.25) is 0 Å². The third-order valence-electron chi connectivity index (χ3n) is 29.1. The fraction of sp³-hybridized carbons (Fsp3) is 0.172. The molecule has 5 aliphatic carbocycles. The van der Waals surface area contributed by atoms with Crippen molar-refractivity contribution in [2.75, 3.05) is 19.6 Å². The van der Waals surface area contributed by atoms with Crippen LogP contribution >= 0.6 is 0 Å². The van der Waals surface area contributed by atoms with Crippen molar-refractivity contribution in [3.05, 3.63) is 408 Å². The highest BCUT2D eigenvalue weighted by molar-refractivity contribution is 6.08. The monoisotopic (exact) mass is 1550 g/mol. The van der Waals surface area contributed by atoms with Gasteiger partial charge in [-0.3, -0.25) is 0 Å². The summed E-state index contributed by atoms with van der Waals surface area (Å²) in [7, 11) is 0. The molecule has 0 heterocycles. The normalized spacial score (nSPS) is 14.2. The molecule has 16 aromatic carbocycles. The average Bonchev–Trinajstić information content (AvgIpc) is 1.56. The Morgan fingerprint density at radius 2 is 0.292 bits per heavy atom. The maximum atomic E-state index is 2.62. The SMILES string of the molecule is CCC1(CC)c2ccccc2-c2ccc(N(c3ccc4c(c3)-c3cc(N(c5ccccc5)c5ccccc5)ccc3-c3ccc(N(c5ccccc5)c5ccccc5)cc3-c3cc(N(c5ccc6c(c5)C(CC)(CC)c5ccccc5-6)c5ccc6c(c5)C(CC)(CC)c5ccccc5-6)ccc3-4)c3ccc4c(c3)C(CC)(CC)c3ccccc3-4)cc21. The van der Waals surface area contributed by atoms with Crippen molar-refractivity contribution in [2.45, 2.75) is 128 Å². The minimum absolute atomic E-state index is 0.161. The summed E-state index contributed by atoms with van der Waals surface area (Å²) in [5, 5.41) is 0. The van der Waals surface area contributed by atoms with Gasteiger partial charge in [-0.2, -0.15) is 0 Å². The Morgan fingerprint density at radius 3 is 0.492 bits per heavy atom. The third kappa shape index (κ3) is 11.1. The molecular formula is C116H100N4. The maximum Gasteiger partial charge on any atom is 0.0468 e. The summed E-state index contributed by atoms with van der Waals surface area (Å²) in [5.74, 6) is 0. The molecule has 0 atom stereocenters. The van der Waals surface area contributed by atoms with Crippen LogP contribution in [0.5, 0.6) is 0 Å². The van der Waals surface area contributed by atoms with Gasteiger partial charge in [0, 0.05) is 89.9 Å². The van der Waals surface area contributed by atoms with Crippen molar-refractivity contribution in [3.63, 3.8) is 0 Å². The molecular weight excluding hydrogens is 1450 g/mol. The molecule has 0 saturated carbocycles. The van der Waals surface area contributed by atoms with E-state index < -0.39 is 0 Å². The average molecular weight is 1550 g/mol. The molecule has 0 radical (unpaired) electrons. The van der Waals surface area contributed by atoms with Crippen molar-refractivity contribution in [3.8, 4) is 89.0 Å². The van der Waals surface area contributed by atoms with E-state index in [9.17, 15) is 0 Å². The quantitative estimate of drug-likeness (QED) is 0.0754. The Balaban J connectivity index is 0.858. The van der Waals surface area contributed by atoms with Gasteiger partial charge in [0.15, 0.2) is 0 Å². The predicted octanol–water partition coefficient (Wildman–Crippen LogP) is 32.9. The summed E-state index contributed by atoms with van der Waals surface area (Å²) < 4.78 is 0. The lowest BCUT2D eigenvalue weighted by molar-refractivity contribution is 0.490. The fourth-order valence-corrected chi connectivity index (χ4v) is 23.0. The summed E-state index contributed by atoms with van der Waals surface area (Å²) in [6.45, 7) is 19.2. The van der Waals surface area contributed by atoms with Gasteiger partial charge in [-0.1, -0.05) is 274 Å². The standard InChI is InChI=1S/C116H100N4/c1-9-113(10-2)105-49-33-29-45-93(105)97-65-57-85(73-109(97)113)119(86-58-66-98-94-46-30-34-50-106(94)114(11-3,12-4)110(98)74-86)83-55-63-91-92-64-56-84(120(87-59-67-99-95-47-31-35-51-107(95)115(13-5,14-6)111(99)75-87)88-60-68-100-96-48-32-36-52-108(96)116(15-7,16-8)112(100)76-88)72-104(92)102-70-82(118(79-41-25-19-26-42-79)80-43-27-20-28-44-80)54-62-90(102)89-61-53-81(69-101(89)103(91)71-83)117(77-37-21-17-22-38-77)78-39-23-18-24-40-78/h17-76H,9-16H2,1-8H3. The van der Waals surface area contributed by atoms with Gasteiger partial charge in [-0.05, 0) is 330 Å². The van der Waals surface area contributed by atoms with Crippen LogP contribution in [0, 0.1) is 0 Å². The Morgan fingerprint density at radius 1 is 0.133 bits per heavy atom. The van der Waals surface area contributed by atoms with Crippen LogP contribution in [0.1, 0.15) is 151 Å². The Labute approximate surface area is 709 Å². The summed E-state index contributed by atoms with van der Waals surface area (Å²) in [6.07, 6.45) is 7.92. The van der Waals surface area contributed by atoms with Gasteiger partial charge >= 0.3 is 0 Å². The van der Waals surface area contributed by atoms with Crippen LogP contribution in [-0.4, -0.2) is 0 Å². The molecule has 584 valence electrons. The van der Waals surface area contributed by atoms with Crippen molar-refractivity contribution < 1.29 is 0 Å². The fourth-order valence-electron chi connectivity index (χ4n) is 23.0. The Hall–Kier alpha value is -13.3. The predicted molar refractivity (Wildman–Crippen MR) is 508 cm³/mol. The zero-order valence-electron chi connectivity index (χ0n) is 70.1. The Bertz CT molecular complexity index is 5970. The number of hydrogen-bond acceptors (Lipinski definition) is 4. The van der Waals surface area contributed by atoms with Gasteiger partial charge in [0.25, 0.3) is 0 Å². The highest BCUT2D eigenvalue weighted by Gasteiger charge is 2.46. The van der Waals surface area contributed by atoms with E-state index in [4.69, 9.17) is 0 Å². The molecule has 5 aliphatic rings. The molecule has 0 unspecified atom stereocenters. The smallest absolute Gasteiger partial charge is 0.0468 e. The summed E-state index contributed by atoms with van der Waals surface area (Å²) >= 11 is 0. The zero-order chi connectivity index (χ0) is 81.2. The van der Waals surface area contributed by atoms with Crippen LogP contribution in [0.3, 0.4) is 0 Å².